The Hall–Kier alpha value is -2.58. The fourth-order valence-corrected chi connectivity index (χ4v) is 0.800. The number of rotatable bonds is 0. The summed E-state index contributed by atoms with van der Waals surface area (Å²) in [6, 6.07) is 0. The van der Waals surface area contributed by atoms with Crippen LogP contribution in [0.5, 0.6) is 0 Å². The highest BCUT2D eigenvalue weighted by Gasteiger charge is 1.76. The van der Waals surface area contributed by atoms with Gasteiger partial charge >= 0.3 is 0 Å². The lowest BCUT2D eigenvalue weighted by molar-refractivity contribution is 1.04. The molecule has 3 aromatic heterocycles. The molecule has 3 heterocycles. The van der Waals surface area contributed by atoms with Crippen molar-refractivity contribution < 1.29 is 0 Å². The van der Waals surface area contributed by atoms with Gasteiger partial charge in [0.15, 0.2) is 0 Å². The van der Waals surface area contributed by atoms with Crippen molar-refractivity contribution in [2.75, 3.05) is 0 Å². The maximum atomic E-state index is 3.75. The van der Waals surface area contributed by atoms with Crippen LogP contribution in [-0.4, -0.2) is 45.5 Å². The van der Waals surface area contributed by atoms with Crippen LogP contribution in [0.15, 0.2) is 19.0 Å². The zero-order chi connectivity index (χ0) is 13.2. The van der Waals surface area contributed by atoms with Crippen LogP contribution < -0.4 is 0 Å². The number of H-pyrrole nitrogens is 3. The zero-order valence-corrected chi connectivity index (χ0v) is 10.4. The highest BCUT2D eigenvalue weighted by Crippen LogP contribution is 1.74. The van der Waals surface area contributed by atoms with Gasteiger partial charge in [0.1, 0.15) is 36.5 Å². The molecule has 0 bridgehead atoms. The summed E-state index contributed by atoms with van der Waals surface area (Å²) in [7, 11) is 0. The van der Waals surface area contributed by atoms with Gasteiger partial charge in [-0.25, -0.2) is 15.0 Å². The van der Waals surface area contributed by atoms with E-state index in [9.17, 15) is 0 Å². The number of aromatic nitrogens is 9. The Morgan fingerprint density at radius 3 is 0.944 bits per heavy atom. The predicted octanol–water partition coefficient (Wildman–Crippen LogP) is 0.339. The molecule has 3 N–H and O–H groups in total. The van der Waals surface area contributed by atoms with E-state index in [0.717, 1.165) is 17.5 Å². The smallest absolute Gasteiger partial charge is 0.137 e. The van der Waals surface area contributed by atoms with Gasteiger partial charge in [0.05, 0.1) is 0 Å². The van der Waals surface area contributed by atoms with Gasteiger partial charge in [-0.15, -0.1) is 0 Å². The molecule has 0 aliphatic heterocycles. The summed E-state index contributed by atoms with van der Waals surface area (Å²) < 4.78 is 0. The van der Waals surface area contributed by atoms with Gasteiger partial charge in [-0.05, 0) is 20.8 Å². The van der Waals surface area contributed by atoms with Crippen molar-refractivity contribution in [2.45, 2.75) is 20.8 Å². The highest BCUT2D eigenvalue weighted by molar-refractivity contribution is 4.71. The van der Waals surface area contributed by atoms with Gasteiger partial charge < -0.3 is 0 Å². The van der Waals surface area contributed by atoms with Crippen molar-refractivity contribution in [3.05, 3.63) is 36.5 Å². The lowest BCUT2D eigenvalue weighted by atomic mass is 10.8. The van der Waals surface area contributed by atoms with Gasteiger partial charge in [0.2, 0.25) is 0 Å². The first-order valence-corrected chi connectivity index (χ1v) is 5.14. The number of nitrogens with zero attached hydrogens (tertiary/aromatic N) is 6. The maximum Gasteiger partial charge on any atom is 0.137 e. The average molecular weight is 249 g/mol. The van der Waals surface area contributed by atoms with E-state index >= 15 is 0 Å². The van der Waals surface area contributed by atoms with E-state index < -0.39 is 0 Å². The molecule has 0 unspecified atom stereocenters. The van der Waals surface area contributed by atoms with E-state index in [2.05, 4.69) is 45.5 Å². The molecule has 96 valence electrons. The van der Waals surface area contributed by atoms with Gasteiger partial charge in [-0.1, -0.05) is 0 Å². The molecule has 0 saturated carbocycles. The molecule has 0 aromatic carbocycles. The standard InChI is InChI=1S/3C3H5N3/c3*1-3-4-2-5-6-3/h3*2H,1H3,(H,4,5,6). The molecule has 0 saturated heterocycles. The minimum atomic E-state index is 0.856. The van der Waals surface area contributed by atoms with Gasteiger partial charge in [-0.2, -0.15) is 15.3 Å². The van der Waals surface area contributed by atoms with Crippen molar-refractivity contribution in [3.8, 4) is 0 Å². The number of hydrogen-bond donors (Lipinski definition) is 3. The summed E-state index contributed by atoms with van der Waals surface area (Å²) in [5.74, 6) is 2.57. The van der Waals surface area contributed by atoms with Crippen LogP contribution in [-0.2, 0) is 0 Å². The quantitative estimate of drug-likeness (QED) is 0.527. The fraction of sp³-hybridized carbons (Fsp3) is 0.333. The lowest BCUT2D eigenvalue weighted by Crippen LogP contribution is -1.68. The molecule has 3 aromatic rings. The third kappa shape index (κ3) is 6.10. The van der Waals surface area contributed by atoms with E-state index in [1.807, 2.05) is 20.8 Å². The molecule has 0 aliphatic rings. The molecular formula is C9H15N9. The second-order valence-electron chi connectivity index (χ2n) is 3.21. The SMILES string of the molecule is Cc1ncn[nH]1.Cc1ncn[nH]1.Cc1ncn[nH]1. The van der Waals surface area contributed by atoms with Crippen LogP contribution in [0.25, 0.3) is 0 Å². The summed E-state index contributed by atoms with van der Waals surface area (Å²) in [4.78, 5) is 11.2. The Morgan fingerprint density at radius 2 is 0.889 bits per heavy atom. The van der Waals surface area contributed by atoms with E-state index in [1.165, 1.54) is 19.0 Å². The number of aryl methyl sites for hydroxylation is 3. The molecule has 18 heavy (non-hydrogen) atoms. The van der Waals surface area contributed by atoms with Gasteiger partial charge in [-0.3, -0.25) is 15.3 Å². The van der Waals surface area contributed by atoms with Crippen LogP contribution in [0.3, 0.4) is 0 Å². The molecule has 0 aliphatic carbocycles. The van der Waals surface area contributed by atoms with Gasteiger partial charge in [0, 0.05) is 0 Å². The Labute approximate surface area is 104 Å². The third-order valence-electron chi connectivity index (χ3n) is 1.61. The van der Waals surface area contributed by atoms with Gasteiger partial charge in [0.25, 0.3) is 0 Å². The molecule has 0 spiro atoms. The Bertz CT molecular complexity index is 405. The van der Waals surface area contributed by atoms with E-state index in [-0.39, 0.29) is 0 Å². The van der Waals surface area contributed by atoms with Crippen LogP contribution in [0, 0.1) is 20.8 Å². The highest BCUT2D eigenvalue weighted by atomic mass is 15.2. The first-order valence-electron chi connectivity index (χ1n) is 5.14. The van der Waals surface area contributed by atoms with Crippen LogP contribution in [0.4, 0.5) is 0 Å². The van der Waals surface area contributed by atoms with Crippen LogP contribution in [0.1, 0.15) is 17.5 Å². The molecule has 3 rings (SSSR count). The lowest BCUT2D eigenvalue weighted by Gasteiger charge is -1.66. The summed E-state index contributed by atoms with van der Waals surface area (Å²) >= 11 is 0. The minimum Gasteiger partial charge on any atom is -0.264 e. The van der Waals surface area contributed by atoms with Crippen LogP contribution >= 0.6 is 0 Å². The summed E-state index contributed by atoms with van der Waals surface area (Å²) in [5.41, 5.74) is 0. The molecule has 0 atom stereocenters. The molecular weight excluding hydrogens is 234 g/mol. The minimum absolute atomic E-state index is 0.856. The molecule has 0 radical (unpaired) electrons. The largest absolute Gasteiger partial charge is 0.264 e. The molecule has 9 heteroatoms. The average Bonchev–Trinajstić information content (AvgIpc) is 3.05. The number of aromatic amines is 3. The molecule has 0 fully saturated rings. The fourth-order valence-electron chi connectivity index (χ4n) is 0.800. The third-order valence-corrected chi connectivity index (χ3v) is 1.61. The second-order valence-corrected chi connectivity index (χ2v) is 3.21. The Kier molecular flexibility index (Phi) is 5.73. The van der Waals surface area contributed by atoms with E-state index in [0.29, 0.717) is 0 Å². The first kappa shape index (κ1) is 13.5. The first-order chi connectivity index (χ1) is 8.68. The van der Waals surface area contributed by atoms with Crippen molar-refractivity contribution in [2.24, 2.45) is 0 Å². The van der Waals surface area contributed by atoms with E-state index in [4.69, 9.17) is 0 Å². The zero-order valence-electron chi connectivity index (χ0n) is 10.4. The van der Waals surface area contributed by atoms with Crippen molar-refractivity contribution >= 4 is 0 Å². The summed E-state index contributed by atoms with van der Waals surface area (Å²) in [6.07, 6.45) is 4.44. The number of nitrogens with one attached hydrogen (secondary N) is 3. The Balaban J connectivity index is 0.000000135. The predicted molar refractivity (Wildman–Crippen MR) is 63.4 cm³/mol. The monoisotopic (exact) mass is 249 g/mol. The molecule has 9 nitrogen and oxygen atoms in total. The molecule has 0 amide bonds. The summed E-state index contributed by atoms with van der Waals surface area (Å²) in [5, 5.41) is 18.7. The van der Waals surface area contributed by atoms with Crippen molar-refractivity contribution in [1.82, 2.24) is 45.5 Å². The second kappa shape index (κ2) is 7.65. The Morgan fingerprint density at radius 1 is 0.611 bits per heavy atom. The van der Waals surface area contributed by atoms with Crippen molar-refractivity contribution in [1.29, 1.82) is 0 Å². The van der Waals surface area contributed by atoms with Crippen LogP contribution in [0.2, 0.25) is 0 Å². The number of hydrogen-bond acceptors (Lipinski definition) is 6. The van der Waals surface area contributed by atoms with Crippen molar-refractivity contribution in [3.63, 3.8) is 0 Å². The normalized spacial score (nSPS) is 8.83. The maximum absolute atomic E-state index is 3.75. The topological polar surface area (TPSA) is 125 Å². The van der Waals surface area contributed by atoms with E-state index in [1.54, 1.807) is 0 Å². The summed E-state index contributed by atoms with van der Waals surface area (Å²) in [6.45, 7) is 5.56.